The lowest BCUT2D eigenvalue weighted by atomic mass is 10.2. The van der Waals surface area contributed by atoms with E-state index < -0.39 is 10.0 Å². The summed E-state index contributed by atoms with van der Waals surface area (Å²) >= 11 is 1.80. The molecule has 0 unspecified atom stereocenters. The van der Waals surface area contributed by atoms with Crippen molar-refractivity contribution < 1.29 is 18.3 Å². The maximum absolute atomic E-state index is 12.6. The molecular formula is C14H21NO4S2. The van der Waals surface area contributed by atoms with Crippen molar-refractivity contribution in [2.75, 3.05) is 32.1 Å². The highest BCUT2D eigenvalue weighted by Crippen LogP contribution is 2.32. The molecule has 0 amide bonds. The smallest absolute Gasteiger partial charge is 0.243 e. The zero-order chi connectivity index (χ0) is 15.5. The SMILES string of the molecule is CC1(C)CN(S(=O)(=O)c2ccc(OCCO)cc2)CCS1. The standard InChI is InChI=1S/C14H21NO4S2/c1-14(2)11-15(7-10-20-14)21(17,18)13-5-3-12(4-6-13)19-9-8-16/h3-6,16H,7-11H2,1-2H3. The second kappa shape index (κ2) is 6.56. The molecule has 0 spiro atoms. The Hall–Kier alpha value is -0.760. The summed E-state index contributed by atoms with van der Waals surface area (Å²) in [5.74, 6) is 1.36. The molecule has 1 heterocycles. The van der Waals surface area contributed by atoms with Gasteiger partial charge in [-0.25, -0.2) is 8.42 Å². The molecule has 2 rings (SSSR count). The molecule has 0 aromatic heterocycles. The monoisotopic (exact) mass is 331 g/mol. The first-order chi connectivity index (χ1) is 9.85. The van der Waals surface area contributed by atoms with E-state index in [0.717, 1.165) is 5.75 Å². The van der Waals surface area contributed by atoms with Crippen LogP contribution in [0.5, 0.6) is 5.75 Å². The van der Waals surface area contributed by atoms with Crippen LogP contribution >= 0.6 is 11.8 Å². The van der Waals surface area contributed by atoms with E-state index in [0.29, 0.717) is 18.8 Å². The fourth-order valence-corrected chi connectivity index (χ4v) is 5.11. The van der Waals surface area contributed by atoms with Crippen LogP contribution in [0.4, 0.5) is 0 Å². The van der Waals surface area contributed by atoms with Crippen molar-refractivity contribution in [3.05, 3.63) is 24.3 Å². The Labute approximate surface area is 130 Å². The quantitative estimate of drug-likeness (QED) is 0.887. The highest BCUT2D eigenvalue weighted by Gasteiger charge is 2.34. The van der Waals surface area contributed by atoms with Crippen LogP contribution in [-0.2, 0) is 10.0 Å². The van der Waals surface area contributed by atoms with Crippen molar-refractivity contribution in [1.82, 2.24) is 4.31 Å². The van der Waals surface area contributed by atoms with Gasteiger partial charge in [-0.3, -0.25) is 0 Å². The van der Waals surface area contributed by atoms with E-state index >= 15 is 0 Å². The first kappa shape index (κ1) is 16.6. The third kappa shape index (κ3) is 4.12. The van der Waals surface area contributed by atoms with Gasteiger partial charge in [0.1, 0.15) is 12.4 Å². The third-order valence-electron chi connectivity index (χ3n) is 3.21. The topological polar surface area (TPSA) is 66.8 Å². The molecule has 21 heavy (non-hydrogen) atoms. The van der Waals surface area contributed by atoms with Crippen molar-refractivity contribution in [2.45, 2.75) is 23.5 Å². The predicted octanol–water partition coefficient (Wildman–Crippen LogP) is 1.57. The Morgan fingerprint density at radius 3 is 2.57 bits per heavy atom. The summed E-state index contributed by atoms with van der Waals surface area (Å²) in [6, 6.07) is 6.34. The molecular weight excluding hydrogens is 310 g/mol. The summed E-state index contributed by atoms with van der Waals surface area (Å²) in [6.45, 7) is 5.31. The van der Waals surface area contributed by atoms with Crippen LogP contribution < -0.4 is 4.74 Å². The number of sulfonamides is 1. The van der Waals surface area contributed by atoms with Gasteiger partial charge >= 0.3 is 0 Å². The Morgan fingerprint density at radius 1 is 1.33 bits per heavy atom. The maximum Gasteiger partial charge on any atom is 0.243 e. The Balaban J connectivity index is 2.15. The number of nitrogens with zero attached hydrogens (tertiary/aromatic N) is 1. The molecule has 1 aromatic rings. The van der Waals surface area contributed by atoms with E-state index in [1.807, 2.05) is 0 Å². The summed E-state index contributed by atoms with van der Waals surface area (Å²) in [6.07, 6.45) is 0. The van der Waals surface area contributed by atoms with Gasteiger partial charge in [0, 0.05) is 23.6 Å². The fraction of sp³-hybridized carbons (Fsp3) is 0.571. The first-order valence-electron chi connectivity index (χ1n) is 6.83. The van der Waals surface area contributed by atoms with E-state index in [4.69, 9.17) is 9.84 Å². The minimum atomic E-state index is -3.46. The van der Waals surface area contributed by atoms with Crippen molar-refractivity contribution in [1.29, 1.82) is 0 Å². The summed E-state index contributed by atoms with van der Waals surface area (Å²) in [4.78, 5) is 0.279. The fourth-order valence-electron chi connectivity index (χ4n) is 2.20. The number of benzene rings is 1. The molecule has 7 heteroatoms. The van der Waals surface area contributed by atoms with E-state index in [-0.39, 0.29) is 22.9 Å². The summed E-state index contributed by atoms with van der Waals surface area (Å²) in [7, 11) is -3.46. The molecule has 1 N–H and O–H groups in total. The van der Waals surface area contributed by atoms with Crippen molar-refractivity contribution in [3.8, 4) is 5.75 Å². The third-order valence-corrected chi connectivity index (χ3v) is 6.37. The van der Waals surface area contributed by atoms with Gasteiger partial charge in [0.05, 0.1) is 11.5 Å². The minimum Gasteiger partial charge on any atom is -0.491 e. The molecule has 1 saturated heterocycles. The zero-order valence-corrected chi connectivity index (χ0v) is 13.9. The molecule has 1 aliphatic heterocycles. The van der Waals surface area contributed by atoms with Gasteiger partial charge in [0.2, 0.25) is 10.0 Å². The van der Waals surface area contributed by atoms with Gasteiger partial charge in [-0.05, 0) is 38.1 Å². The lowest BCUT2D eigenvalue weighted by Crippen LogP contribution is -2.46. The molecule has 1 aromatic carbocycles. The van der Waals surface area contributed by atoms with E-state index in [9.17, 15) is 8.42 Å². The molecule has 0 bridgehead atoms. The number of thioether (sulfide) groups is 1. The summed E-state index contributed by atoms with van der Waals surface area (Å²) < 4.78 is 32.0. The number of aliphatic hydroxyl groups is 1. The predicted molar refractivity (Wildman–Crippen MR) is 84.3 cm³/mol. The number of ether oxygens (including phenoxy) is 1. The number of rotatable bonds is 5. The van der Waals surface area contributed by atoms with Crippen LogP contribution in [0.1, 0.15) is 13.8 Å². The van der Waals surface area contributed by atoms with Crippen LogP contribution in [0.2, 0.25) is 0 Å². The number of hydrogen-bond acceptors (Lipinski definition) is 5. The molecule has 1 fully saturated rings. The van der Waals surface area contributed by atoms with Crippen LogP contribution in [0.3, 0.4) is 0 Å². The molecule has 5 nitrogen and oxygen atoms in total. The highest BCUT2D eigenvalue weighted by atomic mass is 32.2. The Kier molecular flexibility index (Phi) is 5.19. The van der Waals surface area contributed by atoms with E-state index in [2.05, 4.69) is 13.8 Å². The molecule has 0 saturated carbocycles. The van der Waals surface area contributed by atoms with E-state index in [1.54, 1.807) is 40.3 Å². The minimum absolute atomic E-state index is 0.0600. The normalized spacial score (nSPS) is 19.4. The molecule has 0 radical (unpaired) electrons. The van der Waals surface area contributed by atoms with Crippen molar-refractivity contribution in [3.63, 3.8) is 0 Å². The average Bonchev–Trinajstić information content (AvgIpc) is 2.44. The van der Waals surface area contributed by atoms with Crippen LogP contribution in [0.25, 0.3) is 0 Å². The van der Waals surface area contributed by atoms with E-state index in [1.165, 1.54) is 0 Å². The Bertz CT molecular complexity index is 569. The van der Waals surface area contributed by atoms with Gasteiger partial charge < -0.3 is 9.84 Å². The van der Waals surface area contributed by atoms with Crippen molar-refractivity contribution >= 4 is 21.8 Å². The first-order valence-corrected chi connectivity index (χ1v) is 9.25. The summed E-state index contributed by atoms with van der Waals surface area (Å²) in [5.41, 5.74) is 0. The maximum atomic E-state index is 12.6. The van der Waals surface area contributed by atoms with Crippen molar-refractivity contribution in [2.24, 2.45) is 0 Å². The lowest BCUT2D eigenvalue weighted by Gasteiger charge is -2.36. The van der Waals surface area contributed by atoms with Gasteiger partial charge in [-0.2, -0.15) is 16.1 Å². The largest absolute Gasteiger partial charge is 0.491 e. The zero-order valence-electron chi connectivity index (χ0n) is 12.3. The number of hydrogen-bond donors (Lipinski definition) is 1. The second-order valence-electron chi connectivity index (χ2n) is 5.49. The van der Waals surface area contributed by atoms with Crippen LogP contribution in [-0.4, -0.2) is 54.6 Å². The molecule has 1 aliphatic rings. The molecule has 118 valence electrons. The van der Waals surface area contributed by atoms with Gasteiger partial charge in [0.25, 0.3) is 0 Å². The van der Waals surface area contributed by atoms with Crippen LogP contribution in [0, 0.1) is 0 Å². The van der Waals surface area contributed by atoms with Gasteiger partial charge in [-0.1, -0.05) is 0 Å². The lowest BCUT2D eigenvalue weighted by molar-refractivity contribution is 0.201. The second-order valence-corrected chi connectivity index (χ2v) is 9.23. The van der Waals surface area contributed by atoms with Gasteiger partial charge in [0.15, 0.2) is 0 Å². The molecule has 0 atom stereocenters. The average molecular weight is 331 g/mol. The highest BCUT2D eigenvalue weighted by molar-refractivity contribution is 8.00. The summed E-state index contributed by atoms with van der Waals surface area (Å²) in [5, 5.41) is 8.70. The number of aliphatic hydroxyl groups excluding tert-OH is 1. The van der Waals surface area contributed by atoms with Gasteiger partial charge in [-0.15, -0.1) is 0 Å². The van der Waals surface area contributed by atoms with Crippen LogP contribution in [0.15, 0.2) is 29.2 Å². The molecule has 0 aliphatic carbocycles. The Morgan fingerprint density at radius 2 is 2.00 bits per heavy atom.